The normalized spacial score (nSPS) is 12.5. The van der Waals surface area contributed by atoms with Crippen molar-refractivity contribution in [3.05, 3.63) is 33.8 Å². The summed E-state index contributed by atoms with van der Waals surface area (Å²) in [7, 11) is 0. The maximum absolute atomic E-state index is 12.0. The average molecular weight is 259 g/mol. The fourth-order valence-corrected chi connectivity index (χ4v) is 2.15. The van der Waals surface area contributed by atoms with Crippen molar-refractivity contribution in [3.63, 3.8) is 0 Å². The summed E-state index contributed by atoms with van der Waals surface area (Å²) in [6.07, 6.45) is 2.69. The zero-order valence-electron chi connectivity index (χ0n) is 9.59. The van der Waals surface area contributed by atoms with Crippen molar-refractivity contribution < 1.29 is 4.79 Å². The fraction of sp³-hybridized carbons (Fsp3) is 0.462. The van der Waals surface area contributed by atoms with Gasteiger partial charge in [0.1, 0.15) is 0 Å². The van der Waals surface area contributed by atoms with Crippen LogP contribution in [0.15, 0.2) is 18.2 Å². The second-order valence-electron chi connectivity index (χ2n) is 4.12. The van der Waals surface area contributed by atoms with Crippen LogP contribution in [0, 0.1) is 5.92 Å². The van der Waals surface area contributed by atoms with Gasteiger partial charge in [-0.3, -0.25) is 4.79 Å². The van der Waals surface area contributed by atoms with E-state index >= 15 is 0 Å². The number of halogens is 2. The molecule has 0 amide bonds. The number of hydrogen-bond donors (Lipinski definition) is 0. The van der Waals surface area contributed by atoms with E-state index in [4.69, 9.17) is 23.2 Å². The molecule has 0 bridgehead atoms. The topological polar surface area (TPSA) is 17.1 Å². The van der Waals surface area contributed by atoms with Crippen LogP contribution in [0.25, 0.3) is 0 Å². The SMILES string of the molecule is CCCC(C)CC(=O)c1cccc(Cl)c1Cl. The minimum Gasteiger partial charge on any atom is -0.294 e. The minimum absolute atomic E-state index is 0.0773. The predicted octanol–water partition coefficient (Wildman–Crippen LogP) is 5.00. The first-order valence-electron chi connectivity index (χ1n) is 5.53. The van der Waals surface area contributed by atoms with E-state index in [0.717, 1.165) is 12.8 Å². The highest BCUT2D eigenvalue weighted by molar-refractivity contribution is 6.43. The van der Waals surface area contributed by atoms with Crippen molar-refractivity contribution in [1.82, 2.24) is 0 Å². The highest BCUT2D eigenvalue weighted by Gasteiger charge is 2.15. The lowest BCUT2D eigenvalue weighted by atomic mass is 9.96. The van der Waals surface area contributed by atoms with Gasteiger partial charge < -0.3 is 0 Å². The summed E-state index contributed by atoms with van der Waals surface area (Å²) in [5.74, 6) is 0.473. The molecule has 0 heterocycles. The van der Waals surface area contributed by atoms with E-state index < -0.39 is 0 Å². The van der Waals surface area contributed by atoms with Gasteiger partial charge in [-0.25, -0.2) is 0 Å². The second-order valence-corrected chi connectivity index (χ2v) is 4.91. The van der Waals surface area contributed by atoms with Gasteiger partial charge in [0, 0.05) is 12.0 Å². The van der Waals surface area contributed by atoms with Crippen LogP contribution in [0.4, 0.5) is 0 Å². The molecule has 0 spiro atoms. The lowest BCUT2D eigenvalue weighted by molar-refractivity contribution is 0.0963. The molecule has 0 fully saturated rings. The Morgan fingerprint density at radius 3 is 2.69 bits per heavy atom. The number of ketones is 1. The molecule has 0 aliphatic carbocycles. The second kappa shape index (κ2) is 6.27. The quantitative estimate of drug-likeness (QED) is 0.680. The number of hydrogen-bond acceptors (Lipinski definition) is 1. The molecule has 0 N–H and O–H groups in total. The number of Topliss-reactive ketones (excluding diaryl/α,β-unsaturated/α-hetero) is 1. The Morgan fingerprint density at radius 2 is 2.06 bits per heavy atom. The highest BCUT2D eigenvalue weighted by Crippen LogP contribution is 2.27. The van der Waals surface area contributed by atoms with Crippen molar-refractivity contribution in [2.45, 2.75) is 33.1 Å². The first-order chi connectivity index (χ1) is 7.56. The van der Waals surface area contributed by atoms with Crippen LogP contribution in [0.2, 0.25) is 10.0 Å². The van der Waals surface area contributed by atoms with Crippen LogP contribution in [0.3, 0.4) is 0 Å². The zero-order valence-corrected chi connectivity index (χ0v) is 11.1. The van der Waals surface area contributed by atoms with E-state index in [-0.39, 0.29) is 5.78 Å². The third-order valence-corrected chi connectivity index (χ3v) is 3.39. The van der Waals surface area contributed by atoms with Crippen LogP contribution in [-0.2, 0) is 0 Å². The molecule has 1 nitrogen and oxygen atoms in total. The van der Waals surface area contributed by atoms with Gasteiger partial charge in [-0.2, -0.15) is 0 Å². The Labute approximate surface area is 107 Å². The van der Waals surface area contributed by atoms with Gasteiger partial charge in [0.05, 0.1) is 10.0 Å². The largest absolute Gasteiger partial charge is 0.294 e. The van der Waals surface area contributed by atoms with Crippen LogP contribution in [0.1, 0.15) is 43.5 Å². The Hall–Kier alpha value is -0.530. The molecule has 16 heavy (non-hydrogen) atoms. The van der Waals surface area contributed by atoms with Crippen LogP contribution in [0.5, 0.6) is 0 Å². The first-order valence-corrected chi connectivity index (χ1v) is 6.29. The molecule has 1 atom stereocenters. The number of carbonyl (C=O) groups excluding carboxylic acids is 1. The maximum Gasteiger partial charge on any atom is 0.164 e. The summed E-state index contributed by atoms with van der Waals surface area (Å²) in [5.41, 5.74) is 0.539. The summed E-state index contributed by atoms with van der Waals surface area (Å²) >= 11 is 11.9. The Morgan fingerprint density at radius 1 is 1.38 bits per heavy atom. The van der Waals surface area contributed by atoms with E-state index in [2.05, 4.69) is 13.8 Å². The highest BCUT2D eigenvalue weighted by atomic mass is 35.5. The molecular weight excluding hydrogens is 243 g/mol. The van der Waals surface area contributed by atoms with Crippen LogP contribution >= 0.6 is 23.2 Å². The van der Waals surface area contributed by atoms with Crippen molar-refractivity contribution in [2.75, 3.05) is 0 Å². The van der Waals surface area contributed by atoms with Gasteiger partial charge >= 0.3 is 0 Å². The summed E-state index contributed by atoms with van der Waals surface area (Å²) < 4.78 is 0. The van der Waals surface area contributed by atoms with Crippen molar-refractivity contribution in [2.24, 2.45) is 5.92 Å². The van der Waals surface area contributed by atoms with Crippen molar-refractivity contribution in [3.8, 4) is 0 Å². The third-order valence-electron chi connectivity index (χ3n) is 2.57. The molecular formula is C13H16Cl2O. The first kappa shape index (κ1) is 13.5. The van der Waals surface area contributed by atoms with Gasteiger partial charge in [-0.1, -0.05) is 56.0 Å². The number of rotatable bonds is 5. The average Bonchev–Trinajstić information content (AvgIpc) is 2.22. The van der Waals surface area contributed by atoms with Gasteiger partial charge in [-0.05, 0) is 18.1 Å². The third kappa shape index (κ3) is 3.50. The molecule has 0 saturated carbocycles. The number of benzene rings is 1. The standard InChI is InChI=1S/C13H16Cl2O/c1-3-5-9(2)8-12(16)10-6-4-7-11(14)13(10)15/h4,6-7,9H,3,5,8H2,1-2H3. The van der Waals surface area contributed by atoms with Crippen molar-refractivity contribution in [1.29, 1.82) is 0 Å². The zero-order chi connectivity index (χ0) is 12.1. The lowest BCUT2D eigenvalue weighted by Crippen LogP contribution is -2.06. The van der Waals surface area contributed by atoms with E-state index in [1.54, 1.807) is 18.2 Å². The molecule has 0 radical (unpaired) electrons. The van der Waals surface area contributed by atoms with E-state index in [1.807, 2.05) is 0 Å². The predicted molar refractivity (Wildman–Crippen MR) is 69.5 cm³/mol. The molecule has 88 valence electrons. The maximum atomic E-state index is 12.0. The molecule has 0 aliphatic rings. The summed E-state index contributed by atoms with van der Waals surface area (Å²) in [5, 5.41) is 0.813. The number of carbonyl (C=O) groups is 1. The fourth-order valence-electron chi connectivity index (χ4n) is 1.74. The molecule has 1 aromatic rings. The Balaban J connectivity index is 2.77. The smallest absolute Gasteiger partial charge is 0.164 e. The Bertz CT molecular complexity index is 374. The van der Waals surface area contributed by atoms with Crippen molar-refractivity contribution >= 4 is 29.0 Å². The molecule has 0 saturated heterocycles. The van der Waals surface area contributed by atoms with Crippen LogP contribution in [-0.4, -0.2) is 5.78 Å². The van der Waals surface area contributed by atoms with E-state index in [9.17, 15) is 4.79 Å². The molecule has 1 rings (SSSR count). The molecule has 3 heteroatoms. The van der Waals surface area contributed by atoms with Gasteiger partial charge in [-0.15, -0.1) is 0 Å². The summed E-state index contributed by atoms with van der Waals surface area (Å²) in [6, 6.07) is 5.18. The Kier molecular flexibility index (Phi) is 5.30. The van der Waals surface area contributed by atoms with E-state index in [1.165, 1.54) is 0 Å². The summed E-state index contributed by atoms with van der Waals surface area (Å²) in [4.78, 5) is 12.0. The van der Waals surface area contributed by atoms with Crippen LogP contribution < -0.4 is 0 Å². The van der Waals surface area contributed by atoms with Gasteiger partial charge in [0.25, 0.3) is 0 Å². The lowest BCUT2D eigenvalue weighted by Gasteiger charge is -2.10. The van der Waals surface area contributed by atoms with Gasteiger partial charge in [0.2, 0.25) is 0 Å². The minimum atomic E-state index is 0.0773. The molecule has 1 aromatic carbocycles. The molecule has 0 aromatic heterocycles. The van der Waals surface area contributed by atoms with E-state index in [0.29, 0.717) is 27.9 Å². The molecule has 0 aliphatic heterocycles. The monoisotopic (exact) mass is 258 g/mol. The van der Waals surface area contributed by atoms with Gasteiger partial charge in [0.15, 0.2) is 5.78 Å². The molecule has 1 unspecified atom stereocenters. The summed E-state index contributed by atoms with van der Waals surface area (Å²) in [6.45, 7) is 4.20.